The van der Waals surface area contributed by atoms with Crippen LogP contribution in [0.15, 0.2) is 18.2 Å². The first-order valence-corrected chi connectivity index (χ1v) is 7.88. The van der Waals surface area contributed by atoms with E-state index < -0.39 is 0 Å². The molecule has 1 unspecified atom stereocenters. The number of nitriles is 1. The fourth-order valence-electron chi connectivity index (χ4n) is 2.42. The Balaban J connectivity index is 2.19. The third-order valence-corrected chi connectivity index (χ3v) is 4.80. The number of anilines is 1. The van der Waals surface area contributed by atoms with Crippen molar-refractivity contribution >= 4 is 29.1 Å². The van der Waals surface area contributed by atoms with Gasteiger partial charge in [0.15, 0.2) is 0 Å². The summed E-state index contributed by atoms with van der Waals surface area (Å²) in [5.74, 6) is 0. The highest BCUT2D eigenvalue weighted by molar-refractivity contribution is 7.99. The number of thioether (sulfide) groups is 1. The normalized spacial score (nSPS) is 20.3. The Labute approximate surface area is 118 Å². The molecule has 0 saturated carbocycles. The van der Waals surface area contributed by atoms with Crippen LogP contribution in [0, 0.1) is 11.3 Å². The SMILES string of the molecule is CSC1CCCN(c2ccc(Cl)cc2C#N)CC1. The number of rotatable bonds is 2. The minimum absolute atomic E-state index is 0.632. The summed E-state index contributed by atoms with van der Waals surface area (Å²) < 4.78 is 0. The van der Waals surface area contributed by atoms with Crippen molar-refractivity contribution in [2.24, 2.45) is 0 Å². The molecule has 4 heteroatoms. The fraction of sp³-hybridized carbons (Fsp3) is 0.500. The molecular weight excluding hydrogens is 264 g/mol. The Morgan fingerprint density at radius 3 is 2.94 bits per heavy atom. The second-order valence-electron chi connectivity index (χ2n) is 4.55. The average Bonchev–Trinajstić information content (AvgIpc) is 2.63. The van der Waals surface area contributed by atoms with E-state index in [1.165, 1.54) is 19.3 Å². The summed E-state index contributed by atoms with van der Waals surface area (Å²) in [5.41, 5.74) is 1.72. The number of nitrogens with zero attached hydrogens (tertiary/aromatic N) is 2. The molecule has 0 spiro atoms. The van der Waals surface area contributed by atoms with Crippen molar-refractivity contribution in [1.82, 2.24) is 0 Å². The van der Waals surface area contributed by atoms with Crippen molar-refractivity contribution in [2.75, 3.05) is 24.2 Å². The number of halogens is 1. The number of hydrogen-bond acceptors (Lipinski definition) is 3. The first-order chi connectivity index (χ1) is 8.74. The maximum absolute atomic E-state index is 9.20. The van der Waals surface area contributed by atoms with E-state index in [0.717, 1.165) is 24.0 Å². The summed E-state index contributed by atoms with van der Waals surface area (Å²) in [5, 5.41) is 10.6. The molecule has 2 nitrogen and oxygen atoms in total. The van der Waals surface area contributed by atoms with Gasteiger partial charge in [-0.25, -0.2) is 0 Å². The molecule has 96 valence electrons. The third-order valence-electron chi connectivity index (χ3n) is 3.43. The van der Waals surface area contributed by atoms with E-state index in [2.05, 4.69) is 17.2 Å². The Morgan fingerprint density at radius 2 is 2.22 bits per heavy atom. The molecule has 1 aliphatic heterocycles. The Bertz CT molecular complexity index is 456. The molecule has 1 atom stereocenters. The lowest BCUT2D eigenvalue weighted by Gasteiger charge is -2.24. The van der Waals surface area contributed by atoms with E-state index in [-0.39, 0.29) is 0 Å². The molecule has 1 saturated heterocycles. The zero-order valence-electron chi connectivity index (χ0n) is 10.5. The Morgan fingerprint density at radius 1 is 1.39 bits per heavy atom. The summed E-state index contributed by atoms with van der Waals surface area (Å²) in [4.78, 5) is 2.32. The van der Waals surface area contributed by atoms with Gasteiger partial charge in [-0.15, -0.1) is 0 Å². The molecule has 0 aliphatic carbocycles. The van der Waals surface area contributed by atoms with Gasteiger partial charge < -0.3 is 4.90 Å². The van der Waals surface area contributed by atoms with Gasteiger partial charge >= 0.3 is 0 Å². The van der Waals surface area contributed by atoms with Gasteiger partial charge in [0.05, 0.1) is 11.3 Å². The van der Waals surface area contributed by atoms with Gasteiger partial charge in [-0.1, -0.05) is 11.6 Å². The topological polar surface area (TPSA) is 27.0 Å². The molecule has 18 heavy (non-hydrogen) atoms. The maximum Gasteiger partial charge on any atom is 0.101 e. The number of hydrogen-bond donors (Lipinski definition) is 0. The van der Waals surface area contributed by atoms with Crippen LogP contribution in [0.5, 0.6) is 0 Å². The van der Waals surface area contributed by atoms with Crippen molar-refractivity contribution in [3.05, 3.63) is 28.8 Å². The highest BCUT2D eigenvalue weighted by Crippen LogP contribution is 2.28. The van der Waals surface area contributed by atoms with Gasteiger partial charge in [-0.2, -0.15) is 17.0 Å². The fourth-order valence-corrected chi connectivity index (χ4v) is 3.33. The minimum atomic E-state index is 0.632. The van der Waals surface area contributed by atoms with E-state index in [4.69, 9.17) is 11.6 Å². The molecule has 0 aromatic heterocycles. The van der Waals surface area contributed by atoms with Crippen LogP contribution in [0.1, 0.15) is 24.8 Å². The smallest absolute Gasteiger partial charge is 0.101 e. The lowest BCUT2D eigenvalue weighted by molar-refractivity contribution is 0.745. The van der Waals surface area contributed by atoms with E-state index in [9.17, 15) is 5.26 Å². The molecule has 2 rings (SSSR count). The van der Waals surface area contributed by atoms with Crippen LogP contribution in [-0.2, 0) is 0 Å². The standard InChI is InChI=1S/C14H17ClN2S/c1-18-13-3-2-7-17(8-6-13)14-5-4-12(15)9-11(14)10-16/h4-5,9,13H,2-3,6-8H2,1H3. The quantitative estimate of drug-likeness (QED) is 0.821. The van der Waals surface area contributed by atoms with E-state index in [1.54, 1.807) is 6.07 Å². The van der Waals surface area contributed by atoms with Crippen molar-refractivity contribution in [3.63, 3.8) is 0 Å². The molecule has 1 aliphatic rings. The van der Waals surface area contributed by atoms with Gasteiger partial charge in [-0.05, 0) is 43.7 Å². The van der Waals surface area contributed by atoms with Gasteiger partial charge in [0.1, 0.15) is 6.07 Å². The Kier molecular flexibility index (Phi) is 4.79. The predicted octanol–water partition coefficient (Wildman–Crippen LogP) is 3.93. The predicted molar refractivity (Wildman–Crippen MR) is 79.5 cm³/mol. The van der Waals surface area contributed by atoms with Gasteiger partial charge in [0.2, 0.25) is 0 Å². The monoisotopic (exact) mass is 280 g/mol. The molecule has 0 amide bonds. The van der Waals surface area contributed by atoms with Crippen molar-refractivity contribution < 1.29 is 0 Å². The summed E-state index contributed by atoms with van der Waals surface area (Å²) in [6, 6.07) is 7.85. The molecule has 0 radical (unpaired) electrons. The highest BCUT2D eigenvalue weighted by atomic mass is 35.5. The summed E-state index contributed by atoms with van der Waals surface area (Å²) in [6.07, 6.45) is 5.84. The van der Waals surface area contributed by atoms with Crippen LogP contribution in [0.4, 0.5) is 5.69 Å². The van der Waals surface area contributed by atoms with Crippen molar-refractivity contribution in [2.45, 2.75) is 24.5 Å². The zero-order chi connectivity index (χ0) is 13.0. The molecule has 1 aromatic carbocycles. The molecule has 1 heterocycles. The van der Waals surface area contributed by atoms with Crippen LogP contribution in [0.3, 0.4) is 0 Å². The highest BCUT2D eigenvalue weighted by Gasteiger charge is 2.18. The lowest BCUT2D eigenvalue weighted by Crippen LogP contribution is -2.25. The summed E-state index contributed by atoms with van der Waals surface area (Å²) >= 11 is 7.90. The molecule has 0 N–H and O–H groups in total. The van der Waals surface area contributed by atoms with Gasteiger partial charge in [-0.3, -0.25) is 0 Å². The zero-order valence-corrected chi connectivity index (χ0v) is 12.1. The average molecular weight is 281 g/mol. The van der Waals surface area contributed by atoms with Crippen LogP contribution >= 0.6 is 23.4 Å². The second-order valence-corrected chi connectivity index (χ2v) is 6.12. The van der Waals surface area contributed by atoms with Gasteiger partial charge in [0, 0.05) is 23.4 Å². The minimum Gasteiger partial charge on any atom is -0.370 e. The molecular formula is C14H17ClN2S. The van der Waals surface area contributed by atoms with Crippen molar-refractivity contribution in [3.8, 4) is 6.07 Å². The number of benzene rings is 1. The summed E-state index contributed by atoms with van der Waals surface area (Å²) in [7, 11) is 0. The van der Waals surface area contributed by atoms with E-state index in [1.807, 2.05) is 23.9 Å². The van der Waals surface area contributed by atoms with Crippen LogP contribution in [-0.4, -0.2) is 24.6 Å². The van der Waals surface area contributed by atoms with E-state index in [0.29, 0.717) is 10.6 Å². The van der Waals surface area contributed by atoms with Crippen LogP contribution in [0.2, 0.25) is 5.02 Å². The molecule has 1 aromatic rings. The largest absolute Gasteiger partial charge is 0.370 e. The van der Waals surface area contributed by atoms with Crippen LogP contribution in [0.25, 0.3) is 0 Å². The summed E-state index contributed by atoms with van der Waals surface area (Å²) in [6.45, 7) is 2.06. The molecule has 1 fully saturated rings. The van der Waals surface area contributed by atoms with E-state index >= 15 is 0 Å². The molecule has 0 bridgehead atoms. The van der Waals surface area contributed by atoms with Crippen LogP contribution < -0.4 is 4.90 Å². The van der Waals surface area contributed by atoms with Crippen molar-refractivity contribution in [1.29, 1.82) is 5.26 Å². The maximum atomic E-state index is 9.20. The Hall–Kier alpha value is -0.850. The second kappa shape index (κ2) is 6.36. The first-order valence-electron chi connectivity index (χ1n) is 6.22. The third kappa shape index (κ3) is 3.13. The lowest BCUT2D eigenvalue weighted by atomic mass is 10.1. The first kappa shape index (κ1) is 13.6. The van der Waals surface area contributed by atoms with Gasteiger partial charge in [0.25, 0.3) is 0 Å².